The van der Waals surface area contributed by atoms with Crippen LogP contribution in [-0.2, 0) is 16.0 Å². The summed E-state index contributed by atoms with van der Waals surface area (Å²) in [5.74, 6) is 0.219. The number of carboxylic acid groups (broad SMARTS) is 1. The van der Waals surface area contributed by atoms with E-state index in [2.05, 4.69) is 33.2 Å². The largest absolute Gasteiger partial charge is 0.465 e. The van der Waals surface area contributed by atoms with Crippen molar-refractivity contribution in [2.24, 2.45) is 5.92 Å². The molecule has 2 aromatic rings. The molecule has 4 rings (SSSR count). The number of carbonyl (C=O) groups is 4. The fourth-order valence-corrected chi connectivity index (χ4v) is 6.35. The lowest BCUT2D eigenvalue weighted by Crippen LogP contribution is -2.60. The molecule has 1 saturated heterocycles. The Bertz CT molecular complexity index is 1560. The van der Waals surface area contributed by atoms with Crippen LogP contribution in [0.4, 0.5) is 20.2 Å². The second-order valence-corrected chi connectivity index (χ2v) is 14.8. The minimum Gasteiger partial charge on any atom is -0.465 e. The van der Waals surface area contributed by atoms with Gasteiger partial charge in [0.2, 0.25) is 5.91 Å². The number of hydrogen-bond donors (Lipinski definition) is 5. The van der Waals surface area contributed by atoms with Crippen molar-refractivity contribution >= 4 is 29.9 Å². The van der Waals surface area contributed by atoms with Crippen molar-refractivity contribution in [3.05, 3.63) is 52.6 Å². The van der Waals surface area contributed by atoms with Gasteiger partial charge in [0.15, 0.2) is 0 Å². The van der Waals surface area contributed by atoms with E-state index < -0.39 is 29.0 Å². The van der Waals surface area contributed by atoms with Gasteiger partial charge in [0.05, 0.1) is 5.69 Å². The van der Waals surface area contributed by atoms with Crippen molar-refractivity contribution in [3.8, 4) is 5.69 Å². The summed E-state index contributed by atoms with van der Waals surface area (Å²) in [7, 11) is 0. The smallest absolute Gasteiger partial charge is 0.407 e. The van der Waals surface area contributed by atoms with Crippen LogP contribution >= 0.6 is 0 Å². The number of ether oxygens (including phenoxy) is 1. The third-order valence-corrected chi connectivity index (χ3v) is 8.86. The van der Waals surface area contributed by atoms with Gasteiger partial charge in [-0.1, -0.05) is 18.6 Å². The molecule has 0 radical (unpaired) electrons. The zero-order valence-electron chi connectivity index (χ0n) is 30.0. The molecule has 15 nitrogen and oxygen atoms in total. The van der Waals surface area contributed by atoms with Gasteiger partial charge in [-0.15, -0.1) is 0 Å². The summed E-state index contributed by atoms with van der Waals surface area (Å²) in [5, 5.41) is 20.5. The minimum absolute atomic E-state index is 0.114. The van der Waals surface area contributed by atoms with Crippen LogP contribution in [-0.4, -0.2) is 105 Å². The molecule has 0 spiro atoms. The predicted octanol–water partition coefficient (Wildman–Crippen LogP) is 3.56. The molecule has 15 heteroatoms. The fourth-order valence-electron chi connectivity index (χ4n) is 6.35. The Morgan fingerprint density at radius 2 is 1.64 bits per heavy atom. The molecule has 5 amide bonds. The number of nitrogens with zero attached hydrogens (tertiary/aromatic N) is 4. The molecule has 1 saturated carbocycles. The van der Waals surface area contributed by atoms with Crippen LogP contribution in [0.3, 0.4) is 0 Å². The zero-order valence-corrected chi connectivity index (χ0v) is 30.0. The summed E-state index contributed by atoms with van der Waals surface area (Å²) in [4.78, 5) is 68.8. The molecule has 2 fully saturated rings. The average Bonchev–Trinajstić information content (AvgIpc) is 3.03. The number of carbonyl (C=O) groups excluding carboxylic acids is 3. The van der Waals surface area contributed by atoms with Gasteiger partial charge < -0.3 is 35.6 Å². The summed E-state index contributed by atoms with van der Waals surface area (Å²) in [6.07, 6.45) is 4.81. The maximum atomic E-state index is 12.9. The standard InChI is InChI=1S/C35H52N8O7/c1-23(36-22-25-8-7-9-26(21-25)37-33(49)50-34(2,3)4)20-24-10-12-27(13-11-24)43-15-14-28(39-31(43)46)38-30(45)42-18-16-41(17-19-42)29(44)35(5,6)40-32(47)48/h10-15,23,25-26,36,40H,7-9,16-22H2,1-6H3,(H,37,49)(H,47,48)(H,38,39,45,46)/t23?,25-,26-/m0/s1. The summed E-state index contributed by atoms with van der Waals surface area (Å²) < 4.78 is 6.83. The Labute approximate surface area is 293 Å². The van der Waals surface area contributed by atoms with Crippen LogP contribution < -0.4 is 27.0 Å². The molecule has 3 atom stereocenters. The first-order valence-corrected chi connectivity index (χ1v) is 17.3. The maximum Gasteiger partial charge on any atom is 0.407 e. The number of hydrogen-bond acceptors (Lipinski definition) is 8. The molecule has 1 aromatic heterocycles. The molecular formula is C35H52N8O7. The molecule has 50 heavy (non-hydrogen) atoms. The lowest BCUT2D eigenvalue weighted by atomic mass is 9.85. The van der Waals surface area contributed by atoms with Crippen molar-refractivity contribution in [2.45, 2.75) is 96.9 Å². The summed E-state index contributed by atoms with van der Waals surface area (Å²) in [6, 6.07) is 9.17. The fraction of sp³-hybridized carbons (Fsp3) is 0.600. The summed E-state index contributed by atoms with van der Waals surface area (Å²) in [5.41, 5.74) is -0.572. The van der Waals surface area contributed by atoms with Gasteiger partial charge in [-0.05, 0) is 103 Å². The highest BCUT2D eigenvalue weighted by Gasteiger charge is 2.35. The normalized spacial score (nSPS) is 18.9. The van der Waals surface area contributed by atoms with E-state index in [0.717, 1.165) is 44.2 Å². The molecule has 0 bridgehead atoms. The highest BCUT2D eigenvalue weighted by Crippen LogP contribution is 2.24. The van der Waals surface area contributed by atoms with Gasteiger partial charge in [0.1, 0.15) is 17.0 Å². The first-order chi connectivity index (χ1) is 23.5. The van der Waals surface area contributed by atoms with Crippen molar-refractivity contribution in [1.82, 2.24) is 35.3 Å². The lowest BCUT2D eigenvalue weighted by molar-refractivity contribution is -0.138. The monoisotopic (exact) mass is 696 g/mol. The van der Waals surface area contributed by atoms with Gasteiger partial charge in [-0.25, -0.2) is 19.2 Å². The topological polar surface area (TPSA) is 187 Å². The summed E-state index contributed by atoms with van der Waals surface area (Å²) >= 11 is 0. The third kappa shape index (κ3) is 11.2. The highest BCUT2D eigenvalue weighted by atomic mass is 16.6. The Kier molecular flexibility index (Phi) is 12.5. The predicted molar refractivity (Wildman–Crippen MR) is 189 cm³/mol. The summed E-state index contributed by atoms with van der Waals surface area (Å²) in [6.45, 7) is 12.6. The van der Waals surface area contributed by atoms with Crippen LogP contribution in [0.25, 0.3) is 5.69 Å². The van der Waals surface area contributed by atoms with Gasteiger partial charge >= 0.3 is 23.9 Å². The number of nitrogens with one attached hydrogen (secondary N) is 4. The Morgan fingerprint density at radius 1 is 0.980 bits per heavy atom. The molecule has 2 heterocycles. The molecule has 2 aliphatic rings. The van der Waals surface area contributed by atoms with Crippen LogP contribution in [0.15, 0.2) is 41.3 Å². The molecule has 5 N–H and O–H groups in total. The van der Waals surface area contributed by atoms with E-state index in [1.165, 1.54) is 28.2 Å². The van der Waals surface area contributed by atoms with Crippen molar-refractivity contribution in [3.63, 3.8) is 0 Å². The Morgan fingerprint density at radius 3 is 2.26 bits per heavy atom. The lowest BCUT2D eigenvalue weighted by Gasteiger charge is -2.38. The molecule has 274 valence electrons. The number of alkyl carbamates (subject to hydrolysis) is 1. The van der Waals surface area contributed by atoms with E-state index in [1.54, 1.807) is 12.3 Å². The first-order valence-electron chi connectivity index (χ1n) is 17.3. The minimum atomic E-state index is -1.29. The molecule has 1 unspecified atom stereocenters. The third-order valence-electron chi connectivity index (χ3n) is 8.86. The van der Waals surface area contributed by atoms with Crippen molar-refractivity contribution < 1.29 is 29.0 Å². The van der Waals surface area contributed by atoms with E-state index in [4.69, 9.17) is 9.84 Å². The Balaban J connectivity index is 1.22. The van der Waals surface area contributed by atoms with Crippen LogP contribution in [0.1, 0.15) is 72.8 Å². The van der Waals surface area contributed by atoms with E-state index in [0.29, 0.717) is 11.6 Å². The molecule has 1 aliphatic heterocycles. The van der Waals surface area contributed by atoms with Crippen LogP contribution in [0, 0.1) is 5.92 Å². The zero-order chi connectivity index (χ0) is 36.6. The van der Waals surface area contributed by atoms with Gasteiger partial charge in [0.25, 0.3) is 0 Å². The second kappa shape index (κ2) is 16.4. The number of anilines is 1. The van der Waals surface area contributed by atoms with Crippen molar-refractivity contribution in [2.75, 3.05) is 38.0 Å². The first kappa shape index (κ1) is 38.1. The average molecular weight is 697 g/mol. The van der Waals surface area contributed by atoms with E-state index in [1.807, 2.05) is 45.0 Å². The number of amides is 5. The van der Waals surface area contributed by atoms with Gasteiger partial charge in [-0.2, -0.15) is 4.98 Å². The quantitative estimate of drug-likeness (QED) is 0.248. The number of aromatic nitrogens is 2. The highest BCUT2D eigenvalue weighted by molar-refractivity contribution is 5.90. The number of benzene rings is 1. The molecule has 1 aliphatic carbocycles. The van der Waals surface area contributed by atoms with Crippen LogP contribution in [0.2, 0.25) is 0 Å². The van der Waals surface area contributed by atoms with Gasteiger partial charge in [0, 0.05) is 44.5 Å². The van der Waals surface area contributed by atoms with Gasteiger partial charge in [-0.3, -0.25) is 14.7 Å². The maximum absolute atomic E-state index is 12.9. The SMILES string of the molecule is CC(Cc1ccc(-n2ccc(NC(=O)N3CCN(C(=O)C(C)(C)NC(=O)O)CC3)nc2=O)cc1)NC[C@H]1CCC[C@H](NC(=O)OC(C)(C)C)C1. The molecule has 1 aromatic carbocycles. The number of piperazine rings is 1. The Hall–Kier alpha value is -4.66. The number of rotatable bonds is 10. The molecular weight excluding hydrogens is 644 g/mol. The second-order valence-electron chi connectivity index (χ2n) is 14.8. The van der Waals surface area contributed by atoms with E-state index in [-0.39, 0.29) is 56.1 Å². The van der Waals surface area contributed by atoms with E-state index >= 15 is 0 Å². The van der Waals surface area contributed by atoms with E-state index in [9.17, 15) is 24.0 Å². The number of urea groups is 1. The van der Waals surface area contributed by atoms with Crippen LogP contribution in [0.5, 0.6) is 0 Å². The van der Waals surface area contributed by atoms with Crippen molar-refractivity contribution in [1.29, 1.82) is 0 Å².